The number of benzene rings is 1. The number of ether oxygens (including phenoxy) is 2. The van der Waals surface area contributed by atoms with Crippen LogP contribution in [0.15, 0.2) is 127 Å². The average Bonchev–Trinajstić information content (AvgIpc) is 4.29. The molecule has 0 saturated carbocycles. The first kappa shape index (κ1) is 84.1. The predicted molar refractivity (Wildman–Crippen MR) is 341 cm³/mol. The van der Waals surface area contributed by atoms with Crippen LogP contribution >= 0.6 is 0 Å². The fourth-order valence-corrected chi connectivity index (χ4v) is 5.19. The molecule has 3 aliphatic heterocycles. The lowest BCUT2D eigenvalue weighted by Crippen LogP contribution is -2.40. The minimum Gasteiger partial charge on any atom is -0.473 e. The standard InChI is InChI=1S/C8H17N.C7H10N2.C7H15NO.C6H10N2.C6H6.C5H5N.C4H8O.C4H4O.4C4H10.2C2H6/c1-8(2)9-6-4-3-5-7-9;1-6(2)7-3-4-8-5-9-7;1-7(2)8-3-5-9-6-4-8;1-5(2)6-3-4-7-8-6;2*1-2-4-6-5-3-1;2*1-2-4-5-3-1;4*1-4(2)3;2*1-2/h8H,3-7H2,1-2H3;3-6H,1-2H3;7H,3-6H2,1-2H3;3-5H,1-2H3,(H,7,8);1-6H;1-5H;1-4H2;1-4H;4*4H,1-3H3;2*1-2H3. The van der Waals surface area contributed by atoms with E-state index in [-0.39, 0.29) is 0 Å². The van der Waals surface area contributed by atoms with E-state index >= 15 is 0 Å². The fraction of sp³-hybridized carbons (Fsp3) is 0.672. The SMILES string of the molecule is C1CCOC1.CC.CC.CC(C)C.CC(C)C.CC(C)C.CC(C)C.CC(C)N1CCCCC1.CC(C)N1CCOCC1.CC(C)c1ccn[nH]1.CC(C)c1ccncn1.c1ccccc1.c1ccncc1.c1ccoc1. The molecule has 0 bridgehead atoms. The van der Waals surface area contributed by atoms with E-state index in [9.17, 15) is 0 Å². The number of H-pyrrole nitrogens is 1. The first-order valence-corrected chi connectivity index (χ1v) is 29.9. The first-order chi connectivity index (χ1) is 36.6. The van der Waals surface area contributed by atoms with Crippen LogP contribution in [0.25, 0.3) is 0 Å². The van der Waals surface area contributed by atoms with Crippen LogP contribution in [0.3, 0.4) is 0 Å². The third kappa shape index (κ3) is 83.3. The molecule has 4 aromatic heterocycles. The van der Waals surface area contributed by atoms with Crippen molar-refractivity contribution in [3.63, 3.8) is 0 Å². The second-order valence-electron chi connectivity index (χ2n) is 21.6. The molecule has 8 rings (SSSR count). The summed E-state index contributed by atoms with van der Waals surface area (Å²) in [6.45, 7) is 60.2. The van der Waals surface area contributed by atoms with Gasteiger partial charge in [-0.05, 0) is 138 Å². The summed E-state index contributed by atoms with van der Waals surface area (Å²) in [5.41, 5.74) is 2.30. The van der Waals surface area contributed by atoms with E-state index in [1.165, 1.54) is 50.9 Å². The Morgan fingerprint density at radius 2 is 0.792 bits per heavy atom. The zero-order valence-electron chi connectivity index (χ0n) is 54.8. The van der Waals surface area contributed by atoms with Crippen molar-refractivity contribution in [3.8, 4) is 0 Å². The van der Waals surface area contributed by atoms with Crippen LogP contribution in [0.1, 0.15) is 221 Å². The number of aromatic amines is 1. The number of nitrogens with one attached hydrogen (secondary N) is 1. The van der Waals surface area contributed by atoms with Gasteiger partial charge in [-0.25, -0.2) is 9.97 Å². The summed E-state index contributed by atoms with van der Waals surface area (Å²) in [6.07, 6.45) is 18.7. The smallest absolute Gasteiger partial charge is 0.115 e. The van der Waals surface area contributed by atoms with E-state index in [4.69, 9.17) is 9.47 Å². The van der Waals surface area contributed by atoms with Crippen LogP contribution in [-0.2, 0) is 9.47 Å². The lowest BCUT2D eigenvalue weighted by molar-refractivity contribution is 0.0238. The van der Waals surface area contributed by atoms with E-state index in [1.807, 2.05) is 107 Å². The Balaban J connectivity index is -0.000000180. The van der Waals surface area contributed by atoms with E-state index in [2.05, 4.69) is 178 Å². The Bertz CT molecular complexity index is 1450. The molecule has 3 saturated heterocycles. The Labute approximate surface area is 479 Å². The predicted octanol–water partition coefficient (Wildman–Crippen LogP) is 19.3. The number of pyridine rings is 1. The second-order valence-corrected chi connectivity index (χ2v) is 21.6. The highest BCUT2D eigenvalue weighted by Gasteiger charge is 2.12. The van der Waals surface area contributed by atoms with Crippen molar-refractivity contribution < 1.29 is 13.9 Å². The summed E-state index contributed by atoms with van der Waals surface area (Å²) in [5.74, 6) is 4.41. The lowest BCUT2D eigenvalue weighted by Gasteiger charge is -2.29. The number of furan rings is 1. The number of piperidine rings is 1. The molecule has 10 nitrogen and oxygen atoms in total. The van der Waals surface area contributed by atoms with Gasteiger partial charge in [-0.3, -0.25) is 15.0 Å². The molecule has 1 aromatic carbocycles. The highest BCUT2D eigenvalue weighted by atomic mass is 16.5. The minimum absolute atomic E-state index is 0.507. The largest absolute Gasteiger partial charge is 0.473 e. The molecule has 0 amide bonds. The van der Waals surface area contributed by atoms with Gasteiger partial charge in [0.15, 0.2) is 0 Å². The van der Waals surface area contributed by atoms with Gasteiger partial charge in [-0.2, -0.15) is 5.10 Å². The lowest BCUT2D eigenvalue weighted by atomic mass is 10.1. The summed E-state index contributed by atoms with van der Waals surface area (Å²) in [5, 5.41) is 6.70. The molecule has 0 radical (unpaired) electrons. The molecule has 0 atom stereocenters. The van der Waals surface area contributed by atoms with E-state index in [1.54, 1.807) is 43.6 Å². The van der Waals surface area contributed by atoms with Crippen molar-refractivity contribution in [2.45, 2.75) is 222 Å². The number of hydrogen-bond acceptors (Lipinski definition) is 9. The van der Waals surface area contributed by atoms with Crippen LogP contribution in [0, 0.1) is 23.7 Å². The van der Waals surface area contributed by atoms with Crippen LogP contribution in [0.2, 0.25) is 0 Å². The van der Waals surface area contributed by atoms with Gasteiger partial charge in [0.2, 0.25) is 0 Å². The Morgan fingerprint density at radius 3 is 0.987 bits per heavy atom. The van der Waals surface area contributed by atoms with Crippen molar-refractivity contribution in [1.82, 2.24) is 34.9 Å². The zero-order chi connectivity index (χ0) is 59.9. The summed E-state index contributed by atoms with van der Waals surface area (Å²) in [6, 6.07) is 26.8. The monoisotopic (exact) mass is 1080 g/mol. The molecular formula is C67H127N7O3. The van der Waals surface area contributed by atoms with Crippen LogP contribution < -0.4 is 0 Å². The summed E-state index contributed by atoms with van der Waals surface area (Å²) in [4.78, 5) is 16.7. The maximum Gasteiger partial charge on any atom is 0.115 e. The van der Waals surface area contributed by atoms with Crippen LogP contribution in [0.4, 0.5) is 0 Å². The third-order valence-electron chi connectivity index (χ3n) is 8.72. The number of morpholine rings is 1. The third-order valence-corrected chi connectivity index (χ3v) is 8.72. The second kappa shape index (κ2) is 67.9. The molecule has 0 unspecified atom stereocenters. The Morgan fingerprint density at radius 1 is 0.403 bits per heavy atom. The summed E-state index contributed by atoms with van der Waals surface area (Å²) in [7, 11) is 0. The van der Waals surface area contributed by atoms with Gasteiger partial charge in [0.05, 0.1) is 25.7 Å². The van der Waals surface area contributed by atoms with Gasteiger partial charge in [0.1, 0.15) is 6.33 Å². The molecular weight excluding hydrogens is 951 g/mol. The molecule has 77 heavy (non-hydrogen) atoms. The molecule has 7 heterocycles. The van der Waals surface area contributed by atoms with Gasteiger partial charge < -0.3 is 18.8 Å². The maximum atomic E-state index is 5.21. The number of aromatic nitrogens is 5. The Hall–Kier alpha value is -4.22. The van der Waals surface area contributed by atoms with Crippen molar-refractivity contribution in [2.24, 2.45) is 23.7 Å². The number of rotatable bonds is 4. The highest BCUT2D eigenvalue weighted by Crippen LogP contribution is 2.11. The van der Waals surface area contributed by atoms with Crippen molar-refractivity contribution >= 4 is 0 Å². The van der Waals surface area contributed by atoms with Crippen molar-refractivity contribution in [2.75, 3.05) is 52.6 Å². The quantitative estimate of drug-likeness (QED) is 0.188. The summed E-state index contributed by atoms with van der Waals surface area (Å²) >= 11 is 0. The molecule has 3 aliphatic rings. The van der Waals surface area contributed by atoms with E-state index in [0.717, 1.165) is 74.9 Å². The van der Waals surface area contributed by atoms with Crippen molar-refractivity contribution in [1.29, 1.82) is 0 Å². The maximum absolute atomic E-state index is 5.21. The number of nitrogens with zero attached hydrogens (tertiary/aromatic N) is 6. The summed E-state index contributed by atoms with van der Waals surface area (Å²) < 4.78 is 14.7. The van der Waals surface area contributed by atoms with E-state index < -0.39 is 0 Å². The molecule has 1 N–H and O–H groups in total. The van der Waals surface area contributed by atoms with Crippen LogP contribution in [-0.4, -0.2) is 99.6 Å². The number of hydrogen-bond donors (Lipinski definition) is 1. The van der Waals surface area contributed by atoms with Gasteiger partial charge >= 0.3 is 0 Å². The van der Waals surface area contributed by atoms with Gasteiger partial charge in [0, 0.05) is 74.6 Å². The zero-order valence-corrected chi connectivity index (χ0v) is 54.8. The average molecular weight is 1080 g/mol. The fourth-order valence-electron chi connectivity index (χ4n) is 5.19. The number of likely N-dealkylation sites (tertiary alicyclic amines) is 1. The molecule has 0 spiro atoms. The molecule has 3 fully saturated rings. The van der Waals surface area contributed by atoms with Gasteiger partial charge in [-0.15, -0.1) is 0 Å². The highest BCUT2D eigenvalue weighted by molar-refractivity contribution is 5.03. The topological polar surface area (TPSA) is 105 Å². The van der Waals surface area contributed by atoms with E-state index in [0.29, 0.717) is 17.9 Å². The Kier molecular flexibility index (Phi) is 74.1. The van der Waals surface area contributed by atoms with Gasteiger partial charge in [0.25, 0.3) is 0 Å². The van der Waals surface area contributed by atoms with Crippen LogP contribution in [0.5, 0.6) is 0 Å². The molecule has 5 aromatic rings. The molecule has 0 aliphatic carbocycles. The van der Waals surface area contributed by atoms with Gasteiger partial charge in [-0.1, -0.05) is 187 Å². The normalized spacial score (nSPS) is 13.0. The molecule has 10 heteroatoms. The van der Waals surface area contributed by atoms with Crippen molar-refractivity contribution in [3.05, 3.63) is 134 Å². The molecule has 448 valence electrons. The minimum atomic E-state index is 0.507. The first-order valence-electron chi connectivity index (χ1n) is 29.9.